The first-order chi connectivity index (χ1) is 10.2. The van der Waals surface area contributed by atoms with Crippen LogP contribution in [0.2, 0.25) is 0 Å². The molecule has 1 atom stereocenters. The Labute approximate surface area is 127 Å². The Morgan fingerprint density at radius 1 is 1.38 bits per heavy atom. The van der Waals surface area contributed by atoms with E-state index in [1.54, 1.807) is 29.7 Å². The number of thiazole rings is 1. The van der Waals surface area contributed by atoms with Gasteiger partial charge in [0, 0.05) is 18.1 Å². The Bertz CT molecular complexity index is 601. The number of hydrogen-bond acceptors (Lipinski definition) is 6. The van der Waals surface area contributed by atoms with Gasteiger partial charge in [0.15, 0.2) is 0 Å². The molecule has 0 aliphatic carbocycles. The Hall–Kier alpha value is -2.15. The van der Waals surface area contributed by atoms with E-state index in [-0.39, 0.29) is 16.7 Å². The average molecular weight is 306 g/mol. The molecule has 1 heterocycles. The minimum absolute atomic E-state index is 0.0272. The van der Waals surface area contributed by atoms with E-state index in [9.17, 15) is 10.1 Å². The molecule has 1 aromatic heterocycles. The van der Waals surface area contributed by atoms with E-state index in [2.05, 4.69) is 15.6 Å². The second-order valence-corrected chi connectivity index (χ2v) is 5.39. The van der Waals surface area contributed by atoms with Gasteiger partial charge in [-0.2, -0.15) is 0 Å². The van der Waals surface area contributed by atoms with Crippen LogP contribution < -0.4 is 10.6 Å². The van der Waals surface area contributed by atoms with Crippen molar-refractivity contribution in [2.24, 2.45) is 0 Å². The van der Waals surface area contributed by atoms with Crippen molar-refractivity contribution >= 4 is 28.4 Å². The van der Waals surface area contributed by atoms with Crippen molar-refractivity contribution in [2.75, 3.05) is 17.2 Å². The van der Waals surface area contributed by atoms with Crippen LogP contribution in [0.15, 0.2) is 29.8 Å². The second-order valence-electron chi connectivity index (χ2n) is 4.46. The van der Waals surface area contributed by atoms with Crippen LogP contribution in [0.1, 0.15) is 31.3 Å². The zero-order chi connectivity index (χ0) is 15.2. The lowest BCUT2D eigenvalue weighted by atomic mass is 10.1. The number of nitrogens with one attached hydrogen (secondary N) is 2. The summed E-state index contributed by atoms with van der Waals surface area (Å²) in [6.07, 6.45) is 2.55. The molecule has 1 aromatic carbocycles. The molecule has 7 heteroatoms. The highest BCUT2D eigenvalue weighted by atomic mass is 32.1. The first-order valence-corrected chi connectivity index (χ1v) is 7.72. The summed E-state index contributed by atoms with van der Waals surface area (Å²) >= 11 is 1.54. The monoisotopic (exact) mass is 306 g/mol. The van der Waals surface area contributed by atoms with Gasteiger partial charge in [0.05, 0.1) is 11.0 Å². The third-order valence-electron chi connectivity index (χ3n) is 3.07. The van der Waals surface area contributed by atoms with Gasteiger partial charge in [-0.05, 0) is 25.5 Å². The van der Waals surface area contributed by atoms with Crippen molar-refractivity contribution < 1.29 is 4.92 Å². The number of rotatable bonds is 7. The van der Waals surface area contributed by atoms with Gasteiger partial charge in [0.1, 0.15) is 16.4 Å². The average Bonchev–Trinajstić information content (AvgIpc) is 2.99. The van der Waals surface area contributed by atoms with Gasteiger partial charge >= 0.3 is 5.69 Å². The van der Waals surface area contributed by atoms with Crippen molar-refractivity contribution in [2.45, 2.75) is 26.3 Å². The van der Waals surface area contributed by atoms with Crippen LogP contribution >= 0.6 is 11.3 Å². The van der Waals surface area contributed by atoms with E-state index in [0.29, 0.717) is 17.9 Å². The van der Waals surface area contributed by atoms with Crippen LogP contribution in [-0.2, 0) is 0 Å². The van der Waals surface area contributed by atoms with Crippen LogP contribution in [0.4, 0.5) is 17.1 Å². The topological polar surface area (TPSA) is 80.1 Å². The van der Waals surface area contributed by atoms with Crippen LogP contribution in [0, 0.1) is 10.1 Å². The molecule has 6 nitrogen and oxygen atoms in total. The standard InChI is InChI=1S/C14H18N4O2S/c1-3-10(14-16-8-9-21-14)17-12-7-5-6-11(15-4-2)13(12)18(19)20/h5-10,15,17H,3-4H2,1-2H3. The van der Waals surface area contributed by atoms with Gasteiger partial charge in [0.2, 0.25) is 0 Å². The lowest BCUT2D eigenvalue weighted by Gasteiger charge is -2.17. The summed E-state index contributed by atoms with van der Waals surface area (Å²) in [5.74, 6) is 0. The van der Waals surface area contributed by atoms with E-state index in [1.807, 2.05) is 25.3 Å². The molecule has 0 radical (unpaired) electrons. The fraction of sp³-hybridized carbons (Fsp3) is 0.357. The van der Waals surface area contributed by atoms with E-state index in [0.717, 1.165) is 11.4 Å². The third-order valence-corrected chi connectivity index (χ3v) is 3.96. The molecule has 0 bridgehead atoms. The number of nitro benzene ring substituents is 1. The van der Waals surface area contributed by atoms with Gasteiger partial charge < -0.3 is 10.6 Å². The molecule has 112 valence electrons. The molecule has 0 spiro atoms. The molecular weight excluding hydrogens is 288 g/mol. The third kappa shape index (κ3) is 3.49. The Balaban J connectivity index is 2.34. The van der Waals surface area contributed by atoms with Crippen molar-refractivity contribution in [3.63, 3.8) is 0 Å². The minimum atomic E-state index is -0.352. The molecule has 2 aromatic rings. The predicted molar refractivity (Wildman–Crippen MR) is 86.0 cm³/mol. The second kappa shape index (κ2) is 7.03. The number of anilines is 2. The van der Waals surface area contributed by atoms with Crippen LogP contribution in [0.3, 0.4) is 0 Å². The molecule has 0 saturated carbocycles. The van der Waals surface area contributed by atoms with Crippen LogP contribution in [0.5, 0.6) is 0 Å². The zero-order valence-corrected chi connectivity index (χ0v) is 12.8. The molecule has 0 fully saturated rings. The van der Waals surface area contributed by atoms with Crippen LogP contribution in [-0.4, -0.2) is 16.5 Å². The largest absolute Gasteiger partial charge is 0.380 e. The lowest BCUT2D eigenvalue weighted by Crippen LogP contribution is -2.12. The molecule has 0 aliphatic rings. The summed E-state index contributed by atoms with van der Waals surface area (Å²) in [7, 11) is 0. The Morgan fingerprint density at radius 2 is 2.14 bits per heavy atom. The highest BCUT2D eigenvalue weighted by Crippen LogP contribution is 2.35. The van der Waals surface area contributed by atoms with Gasteiger partial charge in [0.25, 0.3) is 0 Å². The molecule has 21 heavy (non-hydrogen) atoms. The number of nitro groups is 1. The smallest absolute Gasteiger partial charge is 0.315 e. The number of nitrogens with zero attached hydrogens (tertiary/aromatic N) is 2. The summed E-state index contributed by atoms with van der Waals surface area (Å²) < 4.78 is 0. The van der Waals surface area contributed by atoms with E-state index in [4.69, 9.17) is 0 Å². The van der Waals surface area contributed by atoms with Crippen molar-refractivity contribution in [3.05, 3.63) is 44.9 Å². The molecule has 1 unspecified atom stereocenters. The molecule has 0 amide bonds. The first kappa shape index (κ1) is 15.2. The SMILES string of the molecule is CCNc1cccc(NC(CC)c2nccs2)c1[N+](=O)[O-]. The number of benzene rings is 1. The fourth-order valence-electron chi connectivity index (χ4n) is 2.12. The van der Waals surface area contributed by atoms with Crippen molar-refractivity contribution in [1.29, 1.82) is 0 Å². The number of hydrogen-bond donors (Lipinski definition) is 2. The predicted octanol–water partition coefficient (Wildman–Crippen LogP) is 4.05. The van der Waals surface area contributed by atoms with Crippen LogP contribution in [0.25, 0.3) is 0 Å². The van der Waals surface area contributed by atoms with Crippen molar-refractivity contribution in [1.82, 2.24) is 4.98 Å². The summed E-state index contributed by atoms with van der Waals surface area (Å²) in [5, 5.41) is 20.5. The zero-order valence-electron chi connectivity index (χ0n) is 12.0. The van der Waals surface area contributed by atoms with Crippen molar-refractivity contribution in [3.8, 4) is 0 Å². The summed E-state index contributed by atoms with van der Waals surface area (Å²) in [6, 6.07) is 5.23. The van der Waals surface area contributed by atoms with Gasteiger partial charge in [-0.3, -0.25) is 10.1 Å². The van der Waals surface area contributed by atoms with E-state index >= 15 is 0 Å². The van der Waals surface area contributed by atoms with E-state index in [1.165, 1.54) is 0 Å². The maximum absolute atomic E-state index is 11.4. The Kier molecular flexibility index (Phi) is 5.10. The fourth-order valence-corrected chi connectivity index (χ4v) is 2.90. The molecule has 0 aliphatic heterocycles. The quantitative estimate of drug-likeness (QED) is 0.596. The highest BCUT2D eigenvalue weighted by Gasteiger charge is 2.22. The summed E-state index contributed by atoms with van der Waals surface area (Å²) in [4.78, 5) is 15.3. The number of aromatic nitrogens is 1. The summed E-state index contributed by atoms with van der Waals surface area (Å²) in [5.41, 5.74) is 1.12. The maximum atomic E-state index is 11.4. The lowest BCUT2D eigenvalue weighted by molar-refractivity contribution is -0.383. The first-order valence-electron chi connectivity index (χ1n) is 6.84. The molecular formula is C14H18N4O2S. The molecule has 2 N–H and O–H groups in total. The maximum Gasteiger partial charge on any atom is 0.315 e. The summed E-state index contributed by atoms with van der Waals surface area (Å²) in [6.45, 7) is 4.57. The van der Waals surface area contributed by atoms with E-state index < -0.39 is 0 Å². The highest BCUT2D eigenvalue weighted by molar-refractivity contribution is 7.09. The van der Waals surface area contributed by atoms with Gasteiger partial charge in [-0.25, -0.2) is 4.98 Å². The molecule has 2 rings (SSSR count). The van der Waals surface area contributed by atoms with Gasteiger partial charge in [-0.1, -0.05) is 13.0 Å². The number of para-hydroxylation sites is 1. The Morgan fingerprint density at radius 3 is 2.71 bits per heavy atom. The normalized spacial score (nSPS) is 11.9. The minimum Gasteiger partial charge on any atom is -0.380 e. The van der Waals surface area contributed by atoms with Gasteiger partial charge in [-0.15, -0.1) is 11.3 Å². The molecule has 0 saturated heterocycles.